The van der Waals surface area contributed by atoms with Crippen LogP contribution in [0.1, 0.15) is 11.1 Å². The van der Waals surface area contributed by atoms with E-state index in [4.69, 9.17) is 11.6 Å². The highest BCUT2D eigenvalue weighted by molar-refractivity contribution is 6.30. The molecule has 1 aromatic heterocycles. The molecule has 0 bridgehead atoms. The lowest BCUT2D eigenvalue weighted by molar-refractivity contribution is 0.837. The minimum absolute atomic E-state index is 0.155. The summed E-state index contributed by atoms with van der Waals surface area (Å²) in [6.45, 7) is 7.98. The van der Waals surface area contributed by atoms with Gasteiger partial charge in [0.25, 0.3) is 5.56 Å². The lowest BCUT2D eigenvalue weighted by Crippen LogP contribution is -2.34. The maximum absolute atomic E-state index is 12.7. The fourth-order valence-electron chi connectivity index (χ4n) is 2.42. The van der Waals surface area contributed by atoms with Gasteiger partial charge in [-0.15, -0.1) is 0 Å². The Balaban J connectivity index is 2.03. The summed E-state index contributed by atoms with van der Waals surface area (Å²) in [6.07, 6.45) is 1.64. The Labute approximate surface area is 144 Å². The number of H-pyrrole nitrogens is 1. The molecule has 3 aromatic rings. The van der Waals surface area contributed by atoms with Crippen molar-refractivity contribution in [2.24, 2.45) is 0 Å². The number of halogens is 1. The van der Waals surface area contributed by atoms with Gasteiger partial charge in [0.05, 0.1) is 16.3 Å². The quantitative estimate of drug-likeness (QED) is 0.771. The van der Waals surface area contributed by atoms with Gasteiger partial charge in [-0.05, 0) is 55.3 Å². The Kier molecular flexibility index (Phi) is 4.32. The van der Waals surface area contributed by atoms with Gasteiger partial charge in [0.2, 0.25) is 0 Å². The third-order valence-corrected chi connectivity index (χ3v) is 4.20. The molecule has 5 heteroatoms. The van der Waals surface area contributed by atoms with Crippen LogP contribution in [0.3, 0.4) is 0 Å². The van der Waals surface area contributed by atoms with Crippen molar-refractivity contribution in [3.05, 3.63) is 79.5 Å². The molecule has 0 spiro atoms. The molecule has 0 amide bonds. The largest absolute Gasteiger partial charge is 0.361 e. The standard InChI is InChI=1S/C19H18ClN3O/c1-12-7-8-17(9-13(12)2)23-19(24)18(14(3)22-23)11-21-16-6-4-5-15(20)10-16/h4-11,21-22H,3H2,1-2H3. The lowest BCUT2D eigenvalue weighted by Gasteiger charge is -2.04. The Bertz CT molecular complexity index is 1060. The molecular formula is C19H18ClN3O. The van der Waals surface area contributed by atoms with E-state index in [1.165, 1.54) is 10.2 Å². The highest BCUT2D eigenvalue weighted by Gasteiger charge is 2.05. The summed E-state index contributed by atoms with van der Waals surface area (Å²) < 4.78 is 1.50. The molecule has 1 heterocycles. The molecule has 0 fully saturated rings. The number of hydrogen-bond donors (Lipinski definition) is 2. The van der Waals surface area contributed by atoms with E-state index >= 15 is 0 Å². The van der Waals surface area contributed by atoms with Crippen LogP contribution in [0.2, 0.25) is 5.02 Å². The predicted molar refractivity (Wildman–Crippen MR) is 100 cm³/mol. The molecule has 0 radical (unpaired) electrons. The molecule has 0 aliphatic heterocycles. The average molecular weight is 340 g/mol. The predicted octanol–water partition coefficient (Wildman–Crippen LogP) is 2.70. The molecule has 0 aliphatic rings. The number of benzene rings is 2. The number of nitrogens with zero attached hydrogens (tertiary/aromatic N) is 1. The summed E-state index contributed by atoms with van der Waals surface area (Å²) in [4.78, 5) is 12.7. The Morgan fingerprint density at radius 2 is 1.96 bits per heavy atom. The number of rotatable bonds is 3. The lowest BCUT2D eigenvalue weighted by atomic mass is 10.1. The molecule has 2 N–H and O–H groups in total. The molecule has 122 valence electrons. The first kappa shape index (κ1) is 16.1. The van der Waals surface area contributed by atoms with Crippen molar-refractivity contribution in [3.63, 3.8) is 0 Å². The van der Waals surface area contributed by atoms with E-state index in [0.29, 0.717) is 15.6 Å². The molecular weight excluding hydrogens is 322 g/mol. The summed E-state index contributed by atoms with van der Waals surface area (Å²) in [7, 11) is 0. The van der Waals surface area contributed by atoms with E-state index in [0.717, 1.165) is 16.9 Å². The number of aryl methyl sites for hydroxylation is 2. The summed E-state index contributed by atoms with van der Waals surface area (Å²) in [5.74, 6) is 0. The van der Waals surface area contributed by atoms with Crippen LogP contribution in [-0.4, -0.2) is 9.78 Å². The van der Waals surface area contributed by atoms with Gasteiger partial charge >= 0.3 is 0 Å². The van der Waals surface area contributed by atoms with Crippen LogP contribution in [0.15, 0.2) is 47.3 Å². The Hall–Kier alpha value is -2.72. The minimum atomic E-state index is -0.155. The summed E-state index contributed by atoms with van der Waals surface area (Å²) in [5.41, 5.74) is 3.75. The van der Waals surface area contributed by atoms with E-state index in [2.05, 4.69) is 17.0 Å². The highest BCUT2D eigenvalue weighted by Crippen LogP contribution is 2.14. The minimum Gasteiger partial charge on any atom is -0.361 e. The van der Waals surface area contributed by atoms with Gasteiger partial charge < -0.3 is 5.32 Å². The summed E-state index contributed by atoms with van der Waals surface area (Å²) >= 11 is 5.96. The fraction of sp³-hybridized carbons (Fsp3) is 0.105. The van der Waals surface area contributed by atoms with Gasteiger partial charge in [-0.25, -0.2) is 4.68 Å². The van der Waals surface area contributed by atoms with E-state index in [1.54, 1.807) is 18.3 Å². The first-order valence-electron chi connectivity index (χ1n) is 7.55. The van der Waals surface area contributed by atoms with Crippen LogP contribution in [0, 0.1) is 13.8 Å². The second-order valence-electron chi connectivity index (χ2n) is 5.71. The van der Waals surface area contributed by atoms with Crippen LogP contribution in [0.5, 0.6) is 0 Å². The van der Waals surface area contributed by atoms with Crippen LogP contribution in [0.4, 0.5) is 5.69 Å². The van der Waals surface area contributed by atoms with Gasteiger partial charge in [0.15, 0.2) is 0 Å². The van der Waals surface area contributed by atoms with Crippen LogP contribution >= 0.6 is 11.6 Å². The molecule has 0 aliphatic carbocycles. The van der Waals surface area contributed by atoms with Crippen molar-refractivity contribution in [3.8, 4) is 5.69 Å². The maximum Gasteiger partial charge on any atom is 0.280 e. The van der Waals surface area contributed by atoms with Crippen molar-refractivity contribution in [1.82, 2.24) is 9.78 Å². The van der Waals surface area contributed by atoms with E-state index in [1.807, 2.05) is 44.2 Å². The molecule has 3 rings (SSSR count). The van der Waals surface area contributed by atoms with Gasteiger partial charge in [-0.2, -0.15) is 0 Å². The number of aromatic nitrogens is 2. The zero-order chi connectivity index (χ0) is 17.3. The van der Waals surface area contributed by atoms with Gasteiger partial charge in [0.1, 0.15) is 0 Å². The first-order valence-corrected chi connectivity index (χ1v) is 7.93. The monoisotopic (exact) mass is 339 g/mol. The molecule has 4 nitrogen and oxygen atoms in total. The number of anilines is 1. The SMILES string of the molecule is C=c1[nH]n(-c2ccc(C)c(C)c2)c(=O)c1=CNc1cccc(Cl)c1. The van der Waals surface area contributed by atoms with E-state index in [9.17, 15) is 4.79 Å². The van der Waals surface area contributed by atoms with Crippen molar-refractivity contribution in [2.75, 3.05) is 5.32 Å². The molecule has 2 aromatic carbocycles. The summed E-state index contributed by atoms with van der Waals surface area (Å²) in [6, 6.07) is 13.2. The normalized spacial score (nSPS) is 11.7. The Morgan fingerprint density at radius 1 is 1.17 bits per heavy atom. The smallest absolute Gasteiger partial charge is 0.280 e. The summed E-state index contributed by atoms with van der Waals surface area (Å²) in [5, 5.41) is 7.76. The van der Waals surface area contributed by atoms with Crippen molar-refractivity contribution >= 4 is 30.1 Å². The first-order chi connectivity index (χ1) is 11.5. The second kappa shape index (κ2) is 6.42. The van der Waals surface area contributed by atoms with Gasteiger partial charge in [-0.3, -0.25) is 9.89 Å². The number of hydrogen-bond acceptors (Lipinski definition) is 2. The topological polar surface area (TPSA) is 49.8 Å². The third-order valence-electron chi connectivity index (χ3n) is 3.96. The van der Waals surface area contributed by atoms with Crippen molar-refractivity contribution in [1.29, 1.82) is 0 Å². The maximum atomic E-state index is 12.7. The number of nitrogens with one attached hydrogen (secondary N) is 2. The number of aromatic amines is 1. The van der Waals surface area contributed by atoms with E-state index < -0.39 is 0 Å². The van der Waals surface area contributed by atoms with E-state index in [-0.39, 0.29) is 5.56 Å². The van der Waals surface area contributed by atoms with Crippen LogP contribution in [-0.2, 0) is 0 Å². The molecule has 24 heavy (non-hydrogen) atoms. The molecule has 0 unspecified atom stereocenters. The third kappa shape index (κ3) is 3.14. The molecule has 0 saturated carbocycles. The molecule has 0 atom stereocenters. The fourth-order valence-corrected chi connectivity index (χ4v) is 2.61. The highest BCUT2D eigenvalue weighted by atomic mass is 35.5. The van der Waals surface area contributed by atoms with Gasteiger partial charge in [0, 0.05) is 16.9 Å². The zero-order valence-electron chi connectivity index (χ0n) is 13.6. The molecule has 0 saturated heterocycles. The second-order valence-corrected chi connectivity index (χ2v) is 6.15. The van der Waals surface area contributed by atoms with Crippen LogP contribution in [0.25, 0.3) is 18.5 Å². The van der Waals surface area contributed by atoms with Gasteiger partial charge in [-0.1, -0.05) is 30.3 Å². The Morgan fingerprint density at radius 3 is 2.67 bits per heavy atom. The average Bonchev–Trinajstić information content (AvgIpc) is 2.83. The van der Waals surface area contributed by atoms with Crippen molar-refractivity contribution < 1.29 is 0 Å². The van der Waals surface area contributed by atoms with Crippen LogP contribution < -0.4 is 21.4 Å². The van der Waals surface area contributed by atoms with Crippen molar-refractivity contribution in [2.45, 2.75) is 13.8 Å². The zero-order valence-corrected chi connectivity index (χ0v) is 14.3.